The Morgan fingerprint density at radius 1 is 1.16 bits per heavy atom. The number of amides is 1. The topological polar surface area (TPSA) is 33.0 Å². The summed E-state index contributed by atoms with van der Waals surface area (Å²) < 4.78 is 1.85. The zero-order valence-corrected chi connectivity index (χ0v) is 11.5. The lowest BCUT2D eigenvalue weighted by Crippen LogP contribution is -2.42. The maximum atomic E-state index is 11.8. The van der Waals surface area contributed by atoms with E-state index in [0.29, 0.717) is 18.1 Å². The molecule has 2 aromatic rings. The van der Waals surface area contributed by atoms with Crippen LogP contribution in [0.25, 0.3) is 0 Å². The fourth-order valence-electron chi connectivity index (χ4n) is 1.66. The molecule has 0 saturated carbocycles. The van der Waals surface area contributed by atoms with E-state index in [9.17, 15) is 4.79 Å². The first-order valence-corrected chi connectivity index (χ1v) is 6.48. The van der Waals surface area contributed by atoms with Crippen molar-refractivity contribution in [2.45, 2.75) is 20.0 Å². The van der Waals surface area contributed by atoms with Gasteiger partial charge in [0.2, 0.25) is 6.54 Å². The van der Waals surface area contributed by atoms with Crippen molar-refractivity contribution in [1.82, 2.24) is 5.32 Å². The molecule has 0 radical (unpaired) electrons. The van der Waals surface area contributed by atoms with Gasteiger partial charge in [-0.25, -0.2) is 0 Å². The zero-order chi connectivity index (χ0) is 13.7. The van der Waals surface area contributed by atoms with E-state index in [0.717, 1.165) is 5.56 Å². The molecule has 0 fully saturated rings. The van der Waals surface area contributed by atoms with Crippen molar-refractivity contribution < 1.29 is 9.36 Å². The van der Waals surface area contributed by atoms with Gasteiger partial charge in [0.15, 0.2) is 12.4 Å². The number of benzene rings is 1. The minimum Gasteiger partial charge on any atom is -0.347 e. The number of aromatic nitrogens is 1. The van der Waals surface area contributed by atoms with Crippen molar-refractivity contribution in [3.63, 3.8) is 0 Å². The number of pyridine rings is 1. The van der Waals surface area contributed by atoms with E-state index in [1.165, 1.54) is 5.56 Å². The van der Waals surface area contributed by atoms with E-state index in [1.54, 1.807) is 0 Å². The number of carbonyl (C=O) groups is 1. The summed E-state index contributed by atoms with van der Waals surface area (Å²) in [6.45, 7) is 2.86. The van der Waals surface area contributed by atoms with Gasteiger partial charge in [0, 0.05) is 23.7 Å². The van der Waals surface area contributed by atoms with Crippen molar-refractivity contribution in [3.8, 4) is 0 Å². The van der Waals surface area contributed by atoms with E-state index in [1.807, 2.05) is 60.3 Å². The molecule has 0 saturated heterocycles. The van der Waals surface area contributed by atoms with Crippen LogP contribution in [0.5, 0.6) is 0 Å². The number of carbonyl (C=O) groups excluding carboxylic acids is 1. The average Bonchev–Trinajstić information content (AvgIpc) is 2.41. The van der Waals surface area contributed by atoms with Crippen LogP contribution in [0.2, 0.25) is 5.02 Å². The predicted octanol–water partition coefficient (Wildman–Crippen LogP) is 2.25. The van der Waals surface area contributed by atoms with Crippen molar-refractivity contribution in [1.29, 1.82) is 0 Å². The Morgan fingerprint density at radius 3 is 2.42 bits per heavy atom. The van der Waals surface area contributed by atoms with Gasteiger partial charge in [-0.3, -0.25) is 4.79 Å². The highest BCUT2D eigenvalue weighted by Crippen LogP contribution is 2.08. The van der Waals surface area contributed by atoms with Gasteiger partial charge >= 0.3 is 0 Å². The molecule has 98 valence electrons. The van der Waals surface area contributed by atoms with Gasteiger partial charge in [0.05, 0.1) is 0 Å². The van der Waals surface area contributed by atoms with E-state index >= 15 is 0 Å². The summed E-state index contributed by atoms with van der Waals surface area (Å²) in [7, 11) is 0. The first-order valence-electron chi connectivity index (χ1n) is 6.10. The average molecular weight is 276 g/mol. The number of halogens is 1. The molecule has 1 N–H and O–H groups in total. The third-order valence-corrected chi connectivity index (χ3v) is 3.04. The molecule has 1 aromatic carbocycles. The first kappa shape index (κ1) is 13.6. The summed E-state index contributed by atoms with van der Waals surface area (Å²) in [5.74, 6) is -0.0104. The molecular weight excluding hydrogens is 260 g/mol. The summed E-state index contributed by atoms with van der Waals surface area (Å²) >= 11 is 5.80. The second-order valence-electron chi connectivity index (χ2n) is 4.45. The lowest BCUT2D eigenvalue weighted by atomic mass is 10.2. The largest absolute Gasteiger partial charge is 0.347 e. The van der Waals surface area contributed by atoms with Gasteiger partial charge in [-0.15, -0.1) is 0 Å². The number of hydrogen-bond acceptors (Lipinski definition) is 1. The van der Waals surface area contributed by atoms with Crippen molar-refractivity contribution >= 4 is 17.5 Å². The fraction of sp³-hybridized carbons (Fsp3) is 0.200. The van der Waals surface area contributed by atoms with Crippen LogP contribution in [0.4, 0.5) is 0 Å². The smallest absolute Gasteiger partial charge is 0.286 e. The molecular formula is C15H16ClN2O+. The van der Waals surface area contributed by atoms with Crippen LogP contribution >= 0.6 is 11.6 Å². The normalized spacial score (nSPS) is 10.2. The second-order valence-corrected chi connectivity index (χ2v) is 4.89. The molecule has 4 heteroatoms. The third kappa shape index (κ3) is 4.38. The summed E-state index contributed by atoms with van der Waals surface area (Å²) in [6, 6.07) is 11.4. The Labute approximate surface area is 117 Å². The van der Waals surface area contributed by atoms with Crippen LogP contribution in [-0.4, -0.2) is 5.91 Å². The minimum atomic E-state index is -0.0104. The van der Waals surface area contributed by atoms with Crippen LogP contribution in [0.3, 0.4) is 0 Å². The summed E-state index contributed by atoms with van der Waals surface area (Å²) in [5.41, 5.74) is 2.21. The van der Waals surface area contributed by atoms with Crippen molar-refractivity contribution in [2.75, 3.05) is 0 Å². The summed E-state index contributed by atoms with van der Waals surface area (Å²) in [5, 5.41) is 3.58. The predicted molar refractivity (Wildman–Crippen MR) is 74.7 cm³/mol. The Morgan fingerprint density at radius 2 is 1.79 bits per heavy atom. The van der Waals surface area contributed by atoms with E-state index in [2.05, 4.69) is 5.32 Å². The molecule has 2 rings (SSSR count). The number of nitrogens with zero attached hydrogens (tertiary/aromatic N) is 1. The highest BCUT2D eigenvalue weighted by Gasteiger charge is 2.08. The molecule has 1 amide bonds. The monoisotopic (exact) mass is 275 g/mol. The van der Waals surface area contributed by atoms with Gasteiger partial charge < -0.3 is 5.32 Å². The number of aryl methyl sites for hydroxylation is 1. The lowest BCUT2D eigenvalue weighted by Gasteiger charge is -2.03. The van der Waals surface area contributed by atoms with E-state index < -0.39 is 0 Å². The summed E-state index contributed by atoms with van der Waals surface area (Å²) in [6.07, 6.45) is 3.80. The van der Waals surface area contributed by atoms with Gasteiger partial charge in [0.1, 0.15) is 0 Å². The molecule has 0 bridgehead atoms. The van der Waals surface area contributed by atoms with Crippen LogP contribution in [-0.2, 0) is 17.9 Å². The van der Waals surface area contributed by atoms with Crippen LogP contribution < -0.4 is 9.88 Å². The van der Waals surface area contributed by atoms with Crippen molar-refractivity contribution in [2.24, 2.45) is 0 Å². The van der Waals surface area contributed by atoms with Gasteiger partial charge in [-0.05, 0) is 30.2 Å². The van der Waals surface area contributed by atoms with Crippen LogP contribution in [0.1, 0.15) is 11.1 Å². The molecule has 0 atom stereocenters. The number of rotatable bonds is 4. The summed E-state index contributed by atoms with van der Waals surface area (Å²) in [4.78, 5) is 11.8. The molecule has 0 unspecified atom stereocenters. The first-order chi connectivity index (χ1) is 9.13. The van der Waals surface area contributed by atoms with E-state index in [4.69, 9.17) is 11.6 Å². The Balaban J connectivity index is 1.84. The highest BCUT2D eigenvalue weighted by molar-refractivity contribution is 6.30. The standard InChI is InChI=1S/C15H15ClN2O/c1-12-6-8-18(9-7-12)11-15(19)17-10-13-2-4-14(16)5-3-13/h2-9H,10-11H2,1H3/p+1. The molecule has 0 aliphatic heterocycles. The maximum absolute atomic E-state index is 11.8. The van der Waals surface area contributed by atoms with Crippen LogP contribution in [0, 0.1) is 6.92 Å². The number of nitrogens with one attached hydrogen (secondary N) is 1. The Bertz CT molecular complexity index is 549. The fourth-order valence-corrected chi connectivity index (χ4v) is 1.79. The highest BCUT2D eigenvalue weighted by atomic mass is 35.5. The molecule has 0 spiro atoms. The second kappa shape index (κ2) is 6.34. The Hall–Kier alpha value is -1.87. The maximum Gasteiger partial charge on any atom is 0.286 e. The minimum absolute atomic E-state index is 0.0104. The SMILES string of the molecule is Cc1cc[n+](CC(=O)NCc2ccc(Cl)cc2)cc1. The van der Waals surface area contributed by atoms with Gasteiger partial charge in [-0.1, -0.05) is 23.7 Å². The lowest BCUT2D eigenvalue weighted by molar-refractivity contribution is -0.684. The molecule has 0 aliphatic carbocycles. The molecule has 1 aromatic heterocycles. The molecule has 3 nitrogen and oxygen atoms in total. The Kier molecular flexibility index (Phi) is 4.53. The third-order valence-electron chi connectivity index (χ3n) is 2.79. The van der Waals surface area contributed by atoms with Crippen molar-refractivity contribution in [3.05, 3.63) is 64.9 Å². The number of hydrogen-bond donors (Lipinski definition) is 1. The van der Waals surface area contributed by atoms with Gasteiger partial charge in [0.25, 0.3) is 5.91 Å². The molecule has 19 heavy (non-hydrogen) atoms. The van der Waals surface area contributed by atoms with Crippen LogP contribution in [0.15, 0.2) is 48.8 Å². The zero-order valence-electron chi connectivity index (χ0n) is 10.8. The molecule has 1 heterocycles. The van der Waals surface area contributed by atoms with Gasteiger partial charge in [-0.2, -0.15) is 4.57 Å². The van der Waals surface area contributed by atoms with E-state index in [-0.39, 0.29) is 5.91 Å². The molecule has 0 aliphatic rings. The quantitative estimate of drug-likeness (QED) is 0.853.